The zero-order valence-electron chi connectivity index (χ0n) is 13.6. The van der Waals surface area contributed by atoms with E-state index in [0.29, 0.717) is 17.4 Å². The summed E-state index contributed by atoms with van der Waals surface area (Å²) >= 11 is 0. The van der Waals surface area contributed by atoms with Gasteiger partial charge in [-0.05, 0) is 11.3 Å². The van der Waals surface area contributed by atoms with Crippen LogP contribution in [0, 0.1) is 11.3 Å². The van der Waals surface area contributed by atoms with Crippen LogP contribution in [0.3, 0.4) is 0 Å². The molecular formula is C15H29N5. The van der Waals surface area contributed by atoms with Gasteiger partial charge in [0, 0.05) is 32.2 Å². The topological polar surface area (TPSA) is 46.0 Å². The first kappa shape index (κ1) is 15.4. The van der Waals surface area contributed by atoms with Crippen molar-refractivity contribution in [2.45, 2.75) is 53.8 Å². The van der Waals surface area contributed by atoms with Gasteiger partial charge in [0.25, 0.3) is 0 Å². The summed E-state index contributed by atoms with van der Waals surface area (Å²) in [5.41, 5.74) is 0.296. The summed E-state index contributed by atoms with van der Waals surface area (Å²) < 4.78 is 2.05. The molecule has 0 bridgehead atoms. The molecule has 0 saturated carbocycles. The summed E-state index contributed by atoms with van der Waals surface area (Å²) in [4.78, 5) is 6.93. The average Bonchev–Trinajstić information content (AvgIpc) is 2.75. The van der Waals surface area contributed by atoms with Gasteiger partial charge >= 0.3 is 0 Å². The Hall–Kier alpha value is -0.940. The Balaban J connectivity index is 1.98. The monoisotopic (exact) mass is 279 g/mol. The number of hydrogen-bond donors (Lipinski definition) is 1. The van der Waals surface area contributed by atoms with Gasteiger partial charge in [0.15, 0.2) is 0 Å². The lowest BCUT2D eigenvalue weighted by Crippen LogP contribution is -2.55. The third kappa shape index (κ3) is 4.03. The van der Waals surface area contributed by atoms with E-state index in [4.69, 9.17) is 0 Å². The summed E-state index contributed by atoms with van der Waals surface area (Å²) in [5.74, 6) is 1.69. The largest absolute Gasteiger partial charge is 0.311 e. The molecule has 1 aromatic heterocycles. The van der Waals surface area contributed by atoms with Crippen LogP contribution in [0.5, 0.6) is 0 Å². The molecule has 0 spiro atoms. The van der Waals surface area contributed by atoms with Gasteiger partial charge < -0.3 is 5.32 Å². The molecule has 0 amide bonds. The van der Waals surface area contributed by atoms with Gasteiger partial charge in [-0.15, -0.1) is 0 Å². The van der Waals surface area contributed by atoms with Crippen LogP contribution in [-0.2, 0) is 13.1 Å². The van der Waals surface area contributed by atoms with E-state index in [2.05, 4.69) is 59.6 Å². The average molecular weight is 279 g/mol. The minimum absolute atomic E-state index is 0.296. The molecule has 0 radical (unpaired) electrons. The zero-order valence-corrected chi connectivity index (χ0v) is 13.6. The zero-order chi connectivity index (χ0) is 14.8. The maximum Gasteiger partial charge on any atom is 0.141 e. The number of nitrogens with one attached hydrogen (secondary N) is 1. The van der Waals surface area contributed by atoms with Gasteiger partial charge in [-0.1, -0.05) is 34.6 Å². The minimum Gasteiger partial charge on any atom is -0.311 e. The molecule has 1 fully saturated rings. The molecular weight excluding hydrogens is 250 g/mol. The molecule has 1 saturated heterocycles. The number of nitrogens with zero attached hydrogens (tertiary/aromatic N) is 4. The smallest absolute Gasteiger partial charge is 0.141 e. The van der Waals surface area contributed by atoms with Crippen molar-refractivity contribution < 1.29 is 0 Å². The summed E-state index contributed by atoms with van der Waals surface area (Å²) in [7, 11) is 0. The van der Waals surface area contributed by atoms with Crippen LogP contribution in [0.2, 0.25) is 0 Å². The lowest BCUT2D eigenvalue weighted by atomic mass is 9.85. The first-order valence-electron chi connectivity index (χ1n) is 7.68. The van der Waals surface area contributed by atoms with E-state index in [1.54, 1.807) is 6.33 Å². The number of rotatable bonds is 4. The van der Waals surface area contributed by atoms with Crippen LogP contribution in [0.25, 0.3) is 0 Å². The molecule has 5 nitrogen and oxygen atoms in total. The molecule has 0 aromatic carbocycles. The van der Waals surface area contributed by atoms with E-state index < -0.39 is 0 Å². The molecule has 114 valence electrons. The molecule has 0 aliphatic carbocycles. The van der Waals surface area contributed by atoms with E-state index >= 15 is 0 Å². The van der Waals surface area contributed by atoms with Crippen molar-refractivity contribution in [1.82, 2.24) is 25.0 Å². The van der Waals surface area contributed by atoms with Crippen molar-refractivity contribution in [3.05, 3.63) is 12.2 Å². The van der Waals surface area contributed by atoms with E-state index in [9.17, 15) is 0 Å². The molecule has 20 heavy (non-hydrogen) atoms. The molecule has 2 heterocycles. The molecule has 1 aromatic rings. The lowest BCUT2D eigenvalue weighted by Gasteiger charge is -2.40. The Morgan fingerprint density at radius 1 is 1.40 bits per heavy atom. The highest BCUT2D eigenvalue weighted by Gasteiger charge is 2.29. The molecule has 1 aliphatic rings. The molecule has 5 heteroatoms. The van der Waals surface area contributed by atoms with Crippen LogP contribution in [-0.4, -0.2) is 45.3 Å². The summed E-state index contributed by atoms with van der Waals surface area (Å²) in [6, 6.07) is 0.540. The third-order valence-electron chi connectivity index (χ3n) is 3.90. The number of aromatic nitrogens is 3. The van der Waals surface area contributed by atoms with Crippen molar-refractivity contribution in [2.24, 2.45) is 11.3 Å². The van der Waals surface area contributed by atoms with Gasteiger partial charge in [0.2, 0.25) is 0 Å². The van der Waals surface area contributed by atoms with Crippen LogP contribution in [0.1, 0.15) is 40.4 Å². The Kier molecular flexibility index (Phi) is 4.81. The Labute approximate surface area is 122 Å². The van der Waals surface area contributed by atoms with Gasteiger partial charge in [0.05, 0.1) is 6.54 Å². The highest BCUT2D eigenvalue weighted by molar-refractivity contribution is 4.91. The lowest BCUT2D eigenvalue weighted by molar-refractivity contribution is 0.125. The highest BCUT2D eigenvalue weighted by atomic mass is 15.4. The fourth-order valence-electron chi connectivity index (χ4n) is 2.64. The van der Waals surface area contributed by atoms with Gasteiger partial charge in [0.1, 0.15) is 12.2 Å². The standard InChI is InChI=1S/C15H29N5/c1-12(2)8-20-14(17-11-18-20)10-19-7-6-16-13(9-19)15(3,4)5/h11-13,16H,6-10H2,1-5H3. The van der Waals surface area contributed by atoms with Crippen LogP contribution in [0.15, 0.2) is 6.33 Å². The van der Waals surface area contributed by atoms with Gasteiger partial charge in [-0.2, -0.15) is 5.10 Å². The fourth-order valence-corrected chi connectivity index (χ4v) is 2.64. The fraction of sp³-hybridized carbons (Fsp3) is 0.867. The van der Waals surface area contributed by atoms with Crippen LogP contribution in [0.4, 0.5) is 0 Å². The molecule has 1 N–H and O–H groups in total. The van der Waals surface area contributed by atoms with E-state index in [-0.39, 0.29) is 0 Å². The van der Waals surface area contributed by atoms with Crippen molar-refractivity contribution in [2.75, 3.05) is 19.6 Å². The molecule has 2 rings (SSSR count). The van der Waals surface area contributed by atoms with Crippen molar-refractivity contribution in [3.63, 3.8) is 0 Å². The quantitative estimate of drug-likeness (QED) is 0.912. The second kappa shape index (κ2) is 6.22. The number of hydrogen-bond acceptors (Lipinski definition) is 4. The summed E-state index contributed by atoms with van der Waals surface area (Å²) in [5, 5.41) is 7.98. The van der Waals surface area contributed by atoms with Gasteiger partial charge in [-0.25, -0.2) is 9.67 Å². The predicted octanol–water partition coefficient (Wildman–Crippen LogP) is 1.75. The normalized spacial score (nSPS) is 21.6. The first-order chi connectivity index (χ1) is 9.36. The third-order valence-corrected chi connectivity index (χ3v) is 3.90. The second-order valence-corrected chi connectivity index (χ2v) is 7.36. The Morgan fingerprint density at radius 2 is 2.15 bits per heavy atom. The minimum atomic E-state index is 0.296. The molecule has 1 atom stereocenters. The Bertz CT molecular complexity index is 418. The van der Waals surface area contributed by atoms with Crippen molar-refractivity contribution >= 4 is 0 Å². The highest BCUT2D eigenvalue weighted by Crippen LogP contribution is 2.22. The molecule has 1 unspecified atom stereocenters. The first-order valence-corrected chi connectivity index (χ1v) is 7.68. The number of piperazine rings is 1. The maximum absolute atomic E-state index is 4.44. The predicted molar refractivity (Wildman–Crippen MR) is 81.4 cm³/mol. The van der Waals surface area contributed by atoms with E-state index in [0.717, 1.165) is 38.5 Å². The SMILES string of the molecule is CC(C)Cn1ncnc1CN1CCNC(C(C)(C)C)C1. The molecule has 1 aliphatic heterocycles. The van der Waals surface area contributed by atoms with Crippen LogP contribution >= 0.6 is 0 Å². The van der Waals surface area contributed by atoms with E-state index in [1.165, 1.54) is 0 Å². The maximum atomic E-state index is 4.44. The van der Waals surface area contributed by atoms with Crippen LogP contribution < -0.4 is 5.32 Å². The summed E-state index contributed by atoms with van der Waals surface area (Å²) in [6.45, 7) is 16.4. The van der Waals surface area contributed by atoms with Crippen molar-refractivity contribution in [3.8, 4) is 0 Å². The van der Waals surface area contributed by atoms with E-state index in [1.807, 2.05) is 0 Å². The Morgan fingerprint density at radius 3 is 2.80 bits per heavy atom. The van der Waals surface area contributed by atoms with Crippen molar-refractivity contribution in [1.29, 1.82) is 0 Å². The summed E-state index contributed by atoms with van der Waals surface area (Å²) in [6.07, 6.45) is 1.68. The van der Waals surface area contributed by atoms with Gasteiger partial charge in [-0.3, -0.25) is 4.90 Å². The second-order valence-electron chi connectivity index (χ2n) is 7.36.